The molecule has 4 aromatic carbocycles. The molecular weight excluding hydrogens is 601 g/mol. The number of hydrogen-bond acceptors (Lipinski definition) is 7. The van der Waals surface area contributed by atoms with Gasteiger partial charge in [0.2, 0.25) is 0 Å². The lowest BCUT2D eigenvalue weighted by atomic mass is 9.82. The first kappa shape index (κ1) is 32.8. The molecule has 0 radical (unpaired) electrons. The van der Waals surface area contributed by atoms with Gasteiger partial charge < -0.3 is 9.63 Å². The molecule has 232 valence electrons. The van der Waals surface area contributed by atoms with Crippen LogP contribution in [0.3, 0.4) is 0 Å². The van der Waals surface area contributed by atoms with Crippen LogP contribution < -0.4 is 4.89 Å². The Morgan fingerprint density at radius 2 is 1.49 bits per heavy atom. The molecule has 8 heteroatoms. The lowest BCUT2D eigenvalue weighted by Crippen LogP contribution is -2.62. The summed E-state index contributed by atoms with van der Waals surface area (Å²) in [6.07, 6.45) is 1.98. The molecule has 2 atom stereocenters. The Balaban J connectivity index is 1.58. The van der Waals surface area contributed by atoms with E-state index in [1.807, 2.05) is 117 Å². The molecule has 4 aromatic rings. The number of carbonyl (C=O) groups excluding carboxylic acids is 2. The summed E-state index contributed by atoms with van der Waals surface area (Å²) in [4.78, 5) is 44.6. The minimum Gasteiger partial charge on any atom is -0.595 e. The molecule has 1 fully saturated rings. The normalized spacial score (nSPS) is 16.5. The number of hydrogen-bond donors (Lipinski definition) is 0. The number of thioether (sulfide) groups is 1. The second-order valence-corrected chi connectivity index (χ2v) is 13.5. The van der Waals surface area contributed by atoms with Crippen molar-refractivity contribution in [3.05, 3.63) is 136 Å². The Hall–Kier alpha value is -3.58. The topological polar surface area (TPSA) is 78.9 Å². The van der Waals surface area contributed by atoms with Crippen LogP contribution >= 0.6 is 19.8 Å². The van der Waals surface area contributed by atoms with E-state index in [2.05, 4.69) is 0 Å². The molecule has 5 rings (SSSR count). The molecule has 0 N–H and O–H groups in total. The Morgan fingerprint density at radius 1 is 0.933 bits per heavy atom. The number of carbonyl (C=O) groups is 2. The van der Waals surface area contributed by atoms with Crippen LogP contribution in [0.4, 0.5) is 0 Å². The number of benzene rings is 4. The first-order valence-electron chi connectivity index (χ1n) is 14.9. The van der Waals surface area contributed by atoms with Gasteiger partial charge in [-0.1, -0.05) is 90.5 Å². The lowest BCUT2D eigenvalue weighted by Gasteiger charge is -2.48. The molecule has 2 unspecified atom stereocenters. The van der Waals surface area contributed by atoms with Gasteiger partial charge in [0, 0.05) is 23.5 Å². The summed E-state index contributed by atoms with van der Waals surface area (Å²) in [7, 11) is -2.69. The van der Waals surface area contributed by atoms with Gasteiger partial charge in [0.25, 0.3) is 8.00 Å². The highest BCUT2D eigenvalue weighted by Crippen LogP contribution is 2.40. The Labute approximate surface area is 270 Å². The van der Waals surface area contributed by atoms with E-state index in [1.54, 1.807) is 30.8 Å². The zero-order chi connectivity index (χ0) is 32.2. The number of rotatable bonds is 9. The molecule has 6 nitrogen and oxygen atoms in total. The standard InChI is InChI=1S/C37H38NO5PS/c1-26-22-27(2)33(28(3)23-26)35(40)43-44(41)25-36(4,34(39)29-16-18-32(45-5)19-17-29)38-20-21-42-37(24-38,30-12-8-6-9-13-30)31-14-10-7-11-15-31/h6-19,22-23,25H,20-21,24H2,1-5H3. The van der Waals surface area contributed by atoms with E-state index in [4.69, 9.17) is 9.26 Å². The third-order valence-electron chi connectivity index (χ3n) is 8.48. The summed E-state index contributed by atoms with van der Waals surface area (Å²) < 4.78 is 12.2. The van der Waals surface area contributed by atoms with E-state index in [1.165, 1.54) is 5.80 Å². The lowest BCUT2D eigenvalue weighted by molar-refractivity contribution is -0.168. The van der Waals surface area contributed by atoms with Crippen LogP contribution in [0.5, 0.6) is 0 Å². The first-order valence-corrected chi connectivity index (χ1v) is 17.4. The first-order chi connectivity index (χ1) is 21.6. The zero-order valence-corrected chi connectivity index (χ0v) is 28.0. The van der Waals surface area contributed by atoms with Crippen molar-refractivity contribution in [2.24, 2.45) is 0 Å². The van der Waals surface area contributed by atoms with E-state index in [0.717, 1.165) is 32.7 Å². The molecule has 0 aromatic heterocycles. The monoisotopic (exact) mass is 639 g/mol. The molecule has 0 amide bonds. The van der Waals surface area contributed by atoms with E-state index >= 15 is 0 Å². The molecule has 0 bridgehead atoms. The highest BCUT2D eigenvalue weighted by Gasteiger charge is 2.49. The van der Waals surface area contributed by atoms with Gasteiger partial charge in [-0.3, -0.25) is 14.2 Å². The van der Waals surface area contributed by atoms with Crippen molar-refractivity contribution in [3.8, 4) is 0 Å². The summed E-state index contributed by atoms with van der Waals surface area (Å²) in [6.45, 7) is 8.41. The zero-order valence-electron chi connectivity index (χ0n) is 26.3. The Morgan fingerprint density at radius 3 is 2.02 bits per heavy atom. The second kappa shape index (κ2) is 13.8. The molecule has 1 heterocycles. The third kappa shape index (κ3) is 6.84. The SMILES string of the molecule is CSc1ccc(C(=O)C(C)(C=[P+]([O-])OC(=O)c2c(C)cc(C)cc2C)N2CCOC(c3ccccc3)(c3ccccc3)C2)cc1. The average Bonchev–Trinajstić information content (AvgIpc) is 3.04. The predicted octanol–water partition coefficient (Wildman–Crippen LogP) is 6.88. The summed E-state index contributed by atoms with van der Waals surface area (Å²) in [5, 5.41) is 0. The van der Waals surface area contributed by atoms with Gasteiger partial charge in [0.15, 0.2) is 11.6 Å². The highest BCUT2D eigenvalue weighted by molar-refractivity contribution is 7.98. The summed E-state index contributed by atoms with van der Waals surface area (Å²) in [6, 6.07) is 31.1. The number of ketones is 1. The van der Waals surface area contributed by atoms with Crippen molar-refractivity contribution in [1.82, 2.24) is 4.90 Å². The second-order valence-electron chi connectivity index (χ2n) is 11.6. The van der Waals surface area contributed by atoms with Gasteiger partial charge in [-0.2, -0.15) is 0 Å². The Kier molecular flexibility index (Phi) is 10.1. The van der Waals surface area contributed by atoms with Crippen molar-refractivity contribution in [2.75, 3.05) is 26.0 Å². The van der Waals surface area contributed by atoms with Crippen LogP contribution in [0.25, 0.3) is 0 Å². The Bertz CT molecular complexity index is 1650. The van der Waals surface area contributed by atoms with Gasteiger partial charge in [0.1, 0.15) is 11.1 Å². The highest BCUT2D eigenvalue weighted by atomic mass is 32.2. The maximum atomic E-state index is 14.5. The number of nitrogens with zero attached hydrogens (tertiary/aromatic N) is 1. The molecule has 1 aliphatic rings. The van der Waals surface area contributed by atoms with Crippen molar-refractivity contribution in [2.45, 2.75) is 43.7 Å². The fraction of sp³-hybridized carbons (Fsp3) is 0.270. The molecule has 0 saturated carbocycles. The summed E-state index contributed by atoms with van der Waals surface area (Å²) >= 11 is 1.59. The van der Waals surface area contributed by atoms with Gasteiger partial charge >= 0.3 is 5.97 Å². The van der Waals surface area contributed by atoms with Crippen LogP contribution in [0.15, 0.2) is 102 Å². The van der Waals surface area contributed by atoms with Crippen LogP contribution in [0.2, 0.25) is 0 Å². The average molecular weight is 640 g/mol. The fourth-order valence-corrected chi connectivity index (χ4v) is 7.64. The van der Waals surface area contributed by atoms with Gasteiger partial charge in [0.05, 0.1) is 12.2 Å². The maximum Gasteiger partial charge on any atom is 0.390 e. The molecule has 1 aliphatic heterocycles. The van der Waals surface area contributed by atoms with Gasteiger partial charge in [-0.05, 0) is 68.3 Å². The maximum absolute atomic E-state index is 14.5. The van der Waals surface area contributed by atoms with E-state index in [0.29, 0.717) is 30.8 Å². The summed E-state index contributed by atoms with van der Waals surface area (Å²) in [5.41, 5.74) is 2.98. The molecule has 1 saturated heterocycles. The van der Waals surface area contributed by atoms with Crippen molar-refractivity contribution < 1.29 is 23.7 Å². The smallest absolute Gasteiger partial charge is 0.390 e. The number of morpholine rings is 1. The van der Waals surface area contributed by atoms with Gasteiger partial charge in [-0.25, -0.2) is 4.79 Å². The van der Waals surface area contributed by atoms with E-state index in [-0.39, 0.29) is 5.78 Å². The molecule has 0 aliphatic carbocycles. The van der Waals surface area contributed by atoms with Crippen molar-refractivity contribution >= 4 is 37.3 Å². The molecular formula is C37H38NO5PS. The quantitative estimate of drug-likeness (QED) is 0.112. The number of ether oxygens (including phenoxy) is 1. The van der Waals surface area contributed by atoms with Crippen LogP contribution in [0.1, 0.15) is 55.5 Å². The van der Waals surface area contributed by atoms with Crippen LogP contribution in [0, 0.1) is 20.8 Å². The van der Waals surface area contributed by atoms with Gasteiger partial charge in [-0.15, -0.1) is 11.8 Å². The third-order valence-corrected chi connectivity index (χ3v) is 10.3. The van der Waals surface area contributed by atoms with E-state index < -0.39 is 25.1 Å². The van der Waals surface area contributed by atoms with Crippen molar-refractivity contribution in [1.29, 1.82) is 0 Å². The molecule has 45 heavy (non-hydrogen) atoms. The van der Waals surface area contributed by atoms with Crippen molar-refractivity contribution in [3.63, 3.8) is 0 Å². The fourth-order valence-electron chi connectivity index (χ4n) is 6.23. The van der Waals surface area contributed by atoms with Crippen LogP contribution in [-0.2, 0) is 14.9 Å². The number of Topliss-reactive ketones (excluding diaryl/α,β-unsaturated/α-hetero) is 1. The predicted molar refractivity (Wildman–Crippen MR) is 181 cm³/mol. The minimum atomic E-state index is -2.69. The molecule has 0 spiro atoms. The minimum absolute atomic E-state index is 0.242. The summed E-state index contributed by atoms with van der Waals surface area (Å²) in [5.74, 6) is 0.483. The van der Waals surface area contributed by atoms with Crippen LogP contribution in [-0.4, -0.2) is 53.9 Å². The number of aryl methyl sites for hydroxylation is 3. The largest absolute Gasteiger partial charge is 0.595 e. The van der Waals surface area contributed by atoms with E-state index in [9.17, 15) is 14.5 Å².